The number of halogens is 2. The van der Waals surface area contributed by atoms with Crippen LogP contribution >= 0.6 is 23.2 Å². The first-order valence-corrected chi connectivity index (χ1v) is 13.9. The van der Waals surface area contributed by atoms with Crippen LogP contribution in [0.5, 0.6) is 0 Å². The maximum atomic E-state index is 13.8. The topological polar surface area (TPSA) is 150 Å². The number of rotatable bonds is 8. The van der Waals surface area contributed by atoms with Crippen LogP contribution in [0.25, 0.3) is 17.0 Å². The molecule has 206 valence electrons. The van der Waals surface area contributed by atoms with E-state index in [0.29, 0.717) is 11.4 Å². The number of fused-ring (bicyclic) bond motifs is 1. The highest BCUT2D eigenvalue weighted by molar-refractivity contribution is 7.90. The molecule has 13 heteroatoms. The molecule has 0 spiro atoms. The lowest BCUT2D eigenvalue weighted by Crippen LogP contribution is -2.20. The van der Waals surface area contributed by atoms with E-state index in [2.05, 4.69) is 10.6 Å². The van der Waals surface area contributed by atoms with Crippen molar-refractivity contribution in [2.24, 2.45) is 5.73 Å². The third-order valence-electron chi connectivity index (χ3n) is 5.55. The summed E-state index contributed by atoms with van der Waals surface area (Å²) in [6.45, 7) is 1.54. The Morgan fingerprint density at radius 2 is 1.60 bits per heavy atom. The van der Waals surface area contributed by atoms with Crippen molar-refractivity contribution in [3.05, 3.63) is 94.1 Å². The minimum Gasteiger partial charge on any atom is -0.461 e. The number of amides is 3. The van der Waals surface area contributed by atoms with Gasteiger partial charge in [-0.1, -0.05) is 41.4 Å². The zero-order valence-electron chi connectivity index (χ0n) is 20.9. The molecule has 10 nitrogen and oxygen atoms in total. The second-order valence-electron chi connectivity index (χ2n) is 8.24. The van der Waals surface area contributed by atoms with Crippen LogP contribution in [-0.4, -0.2) is 36.9 Å². The summed E-state index contributed by atoms with van der Waals surface area (Å²) >= 11 is 12.7. The molecule has 0 fully saturated rings. The number of aromatic nitrogens is 1. The van der Waals surface area contributed by atoms with Gasteiger partial charge in [0.2, 0.25) is 5.91 Å². The van der Waals surface area contributed by atoms with Gasteiger partial charge in [0.15, 0.2) is 5.69 Å². The van der Waals surface area contributed by atoms with E-state index < -0.39 is 27.9 Å². The van der Waals surface area contributed by atoms with Crippen molar-refractivity contribution in [1.82, 2.24) is 3.97 Å². The number of esters is 1. The Labute approximate surface area is 239 Å². The van der Waals surface area contributed by atoms with Gasteiger partial charge in [0.1, 0.15) is 0 Å². The molecule has 4 aromatic rings. The summed E-state index contributed by atoms with van der Waals surface area (Å²) in [6.07, 6.45) is 2.40. The van der Waals surface area contributed by atoms with Gasteiger partial charge in [0.05, 0.1) is 22.0 Å². The van der Waals surface area contributed by atoms with E-state index >= 15 is 0 Å². The van der Waals surface area contributed by atoms with Crippen LogP contribution in [0.3, 0.4) is 0 Å². The molecule has 0 aliphatic heterocycles. The Morgan fingerprint density at radius 3 is 2.20 bits per heavy atom. The smallest absolute Gasteiger partial charge is 0.356 e. The summed E-state index contributed by atoms with van der Waals surface area (Å²) in [5.41, 5.74) is 5.65. The maximum absolute atomic E-state index is 13.8. The van der Waals surface area contributed by atoms with Crippen LogP contribution in [0.15, 0.2) is 77.7 Å². The first-order valence-electron chi connectivity index (χ1n) is 11.7. The van der Waals surface area contributed by atoms with Crippen molar-refractivity contribution in [2.75, 3.05) is 17.2 Å². The molecule has 0 saturated carbocycles. The molecule has 0 aliphatic rings. The number of urea groups is 1. The molecular formula is C27H22Cl2N4O6S. The van der Waals surface area contributed by atoms with Gasteiger partial charge in [-0.2, -0.15) is 0 Å². The van der Waals surface area contributed by atoms with Crippen molar-refractivity contribution in [3.63, 3.8) is 0 Å². The molecule has 1 heterocycles. The molecule has 3 amide bonds. The fraction of sp³-hybridized carbons (Fsp3) is 0.0741. The van der Waals surface area contributed by atoms with Crippen molar-refractivity contribution < 1.29 is 27.5 Å². The molecule has 0 aliphatic carbocycles. The van der Waals surface area contributed by atoms with Crippen LogP contribution in [0, 0.1) is 0 Å². The molecule has 0 unspecified atom stereocenters. The third-order valence-corrected chi connectivity index (χ3v) is 7.80. The predicted molar refractivity (Wildman–Crippen MR) is 154 cm³/mol. The van der Waals surface area contributed by atoms with Crippen molar-refractivity contribution in [1.29, 1.82) is 0 Å². The number of nitrogens with one attached hydrogen (secondary N) is 2. The van der Waals surface area contributed by atoms with Crippen LogP contribution in [0.4, 0.5) is 16.2 Å². The van der Waals surface area contributed by atoms with Crippen molar-refractivity contribution in [3.8, 4) is 0 Å². The second-order valence-corrected chi connectivity index (χ2v) is 10.9. The molecular weight excluding hydrogens is 579 g/mol. The molecule has 0 atom stereocenters. The number of anilines is 2. The van der Waals surface area contributed by atoms with E-state index in [1.165, 1.54) is 54.6 Å². The van der Waals surface area contributed by atoms with Gasteiger partial charge in [-0.3, -0.25) is 4.79 Å². The number of carbonyl (C=O) groups excluding carboxylic acids is 3. The van der Waals surface area contributed by atoms with E-state index in [1.807, 2.05) is 0 Å². The van der Waals surface area contributed by atoms with E-state index in [4.69, 9.17) is 33.7 Å². The summed E-state index contributed by atoms with van der Waals surface area (Å²) < 4.78 is 33.7. The molecule has 0 radical (unpaired) electrons. The SMILES string of the molecule is CCOC(=O)c1c(/C=C/C(=O)Nc2ccc(NC(N)=O)cc2)c2c(Cl)cc(Cl)cc2n1S(=O)(=O)c1ccccc1. The average molecular weight is 601 g/mol. The van der Waals surface area contributed by atoms with Gasteiger partial charge in [0.25, 0.3) is 10.0 Å². The highest BCUT2D eigenvalue weighted by atomic mass is 35.5. The van der Waals surface area contributed by atoms with Gasteiger partial charge < -0.3 is 21.1 Å². The summed E-state index contributed by atoms with van der Waals surface area (Å²) in [5.74, 6) is -1.54. The lowest BCUT2D eigenvalue weighted by molar-refractivity contribution is -0.111. The number of ether oxygens (including phenoxy) is 1. The third kappa shape index (κ3) is 5.96. The lowest BCUT2D eigenvalue weighted by atomic mass is 10.1. The average Bonchev–Trinajstić information content (AvgIpc) is 3.24. The maximum Gasteiger partial charge on any atom is 0.356 e. The molecule has 0 saturated heterocycles. The number of nitrogens with two attached hydrogens (primary N) is 1. The van der Waals surface area contributed by atoms with Crippen LogP contribution in [0.1, 0.15) is 23.0 Å². The number of hydrogen-bond acceptors (Lipinski definition) is 6. The van der Waals surface area contributed by atoms with Gasteiger partial charge in [-0.15, -0.1) is 0 Å². The van der Waals surface area contributed by atoms with Crippen LogP contribution in [-0.2, 0) is 19.6 Å². The summed E-state index contributed by atoms with van der Waals surface area (Å²) in [4.78, 5) is 36.9. The van der Waals surface area contributed by atoms with Crippen molar-refractivity contribution in [2.45, 2.75) is 11.8 Å². The highest BCUT2D eigenvalue weighted by Crippen LogP contribution is 2.38. The highest BCUT2D eigenvalue weighted by Gasteiger charge is 2.32. The Bertz CT molecular complexity index is 1750. The minimum absolute atomic E-state index is 0.0296. The summed E-state index contributed by atoms with van der Waals surface area (Å²) in [6, 6.07) is 15.7. The number of primary amides is 1. The number of hydrogen-bond donors (Lipinski definition) is 3. The minimum atomic E-state index is -4.35. The fourth-order valence-corrected chi connectivity index (χ4v) is 6.07. The molecule has 0 bridgehead atoms. The number of carbonyl (C=O) groups is 3. The Morgan fingerprint density at radius 1 is 0.975 bits per heavy atom. The predicted octanol–water partition coefficient (Wildman–Crippen LogP) is 5.50. The van der Waals surface area contributed by atoms with Gasteiger partial charge in [0, 0.05) is 33.4 Å². The molecule has 40 heavy (non-hydrogen) atoms. The standard InChI is InChI=1S/C27H22Cl2N4O6S/c1-2-39-26(35)25-20(12-13-23(34)31-17-8-10-18(11-9-17)32-27(30)36)24-21(29)14-16(28)15-22(24)33(25)40(37,38)19-6-4-3-5-7-19/h3-15H,2H2,1H3,(H,31,34)(H3,30,32,36)/b13-12+. The van der Waals surface area contributed by atoms with Gasteiger partial charge in [-0.05, 0) is 61.5 Å². The first-order chi connectivity index (χ1) is 19.0. The zero-order valence-corrected chi connectivity index (χ0v) is 23.2. The Balaban J connectivity index is 1.85. The molecule has 3 aromatic carbocycles. The van der Waals surface area contributed by atoms with Gasteiger partial charge >= 0.3 is 12.0 Å². The molecule has 4 N–H and O–H groups in total. The Kier molecular flexibility index (Phi) is 8.48. The Hall–Kier alpha value is -4.32. The van der Waals surface area contributed by atoms with E-state index in [-0.39, 0.29) is 43.7 Å². The second kappa shape index (κ2) is 11.8. The number of benzene rings is 3. The van der Waals surface area contributed by atoms with Crippen LogP contribution < -0.4 is 16.4 Å². The normalized spacial score (nSPS) is 11.5. The molecule has 1 aromatic heterocycles. The first kappa shape index (κ1) is 28.7. The van der Waals surface area contributed by atoms with Gasteiger partial charge in [-0.25, -0.2) is 22.0 Å². The zero-order chi connectivity index (χ0) is 29.0. The monoisotopic (exact) mass is 600 g/mol. The van der Waals surface area contributed by atoms with Crippen molar-refractivity contribution >= 4 is 79.5 Å². The van der Waals surface area contributed by atoms with Crippen LogP contribution in [0.2, 0.25) is 10.0 Å². The summed E-state index contributed by atoms with van der Waals surface area (Å²) in [7, 11) is -4.35. The quantitative estimate of drug-likeness (QED) is 0.179. The molecule has 4 rings (SSSR count). The largest absolute Gasteiger partial charge is 0.461 e. The number of nitrogens with zero attached hydrogens (tertiary/aromatic N) is 1. The fourth-order valence-electron chi connectivity index (χ4n) is 3.96. The lowest BCUT2D eigenvalue weighted by Gasteiger charge is -2.12. The summed E-state index contributed by atoms with van der Waals surface area (Å²) in [5, 5.41) is 5.42. The van der Waals surface area contributed by atoms with E-state index in [9.17, 15) is 22.8 Å². The van der Waals surface area contributed by atoms with E-state index in [1.54, 1.807) is 25.1 Å². The van der Waals surface area contributed by atoms with E-state index in [0.717, 1.165) is 10.0 Å².